The van der Waals surface area contributed by atoms with Gasteiger partial charge < -0.3 is 15.6 Å². The van der Waals surface area contributed by atoms with Gasteiger partial charge in [0, 0.05) is 0 Å². The van der Waals surface area contributed by atoms with Gasteiger partial charge in [0.2, 0.25) is 0 Å². The van der Waals surface area contributed by atoms with Gasteiger partial charge in [-0.05, 0) is 33.6 Å². The summed E-state index contributed by atoms with van der Waals surface area (Å²) >= 11 is 3.13. The van der Waals surface area contributed by atoms with Crippen LogP contribution in [0.5, 0.6) is 11.5 Å². The number of halogens is 2. The van der Waals surface area contributed by atoms with E-state index in [0.717, 1.165) is 0 Å². The van der Waals surface area contributed by atoms with Crippen molar-refractivity contribution < 1.29 is 14.2 Å². The molecule has 0 fully saturated rings. The third-order valence-corrected chi connectivity index (χ3v) is 2.47. The maximum Gasteiger partial charge on any atom is 0.172 e. The zero-order chi connectivity index (χ0) is 10.7. The second-order valence-electron chi connectivity index (χ2n) is 2.81. The van der Waals surface area contributed by atoms with E-state index in [1.165, 1.54) is 13.2 Å². The van der Waals surface area contributed by atoms with Gasteiger partial charge in [-0.3, -0.25) is 0 Å². The Morgan fingerprint density at radius 3 is 2.79 bits per heavy atom. The number of rotatable bonds is 3. The quantitative estimate of drug-likeness (QED) is 0.879. The van der Waals surface area contributed by atoms with E-state index in [4.69, 9.17) is 10.5 Å². The van der Waals surface area contributed by atoms with Crippen LogP contribution in [0.3, 0.4) is 0 Å². The lowest BCUT2D eigenvalue weighted by atomic mass is 10.1. The van der Waals surface area contributed by atoms with Crippen LogP contribution in [-0.4, -0.2) is 18.9 Å². The van der Waals surface area contributed by atoms with Crippen molar-refractivity contribution in [2.45, 2.75) is 6.04 Å². The van der Waals surface area contributed by atoms with E-state index >= 15 is 0 Å². The molecule has 0 aromatic heterocycles. The van der Waals surface area contributed by atoms with Gasteiger partial charge in [-0.25, -0.2) is 4.39 Å². The maximum atomic E-state index is 12.3. The molecule has 0 aliphatic carbocycles. The molecule has 5 heteroatoms. The molecule has 0 aliphatic heterocycles. The molecule has 0 radical (unpaired) electrons. The van der Waals surface area contributed by atoms with Crippen LogP contribution in [0.4, 0.5) is 4.39 Å². The summed E-state index contributed by atoms with van der Waals surface area (Å²) in [4.78, 5) is 0. The van der Waals surface area contributed by atoms with Crippen molar-refractivity contribution in [3.63, 3.8) is 0 Å². The highest BCUT2D eigenvalue weighted by molar-refractivity contribution is 9.10. The Morgan fingerprint density at radius 2 is 2.29 bits per heavy atom. The number of methoxy groups -OCH3 is 1. The molecule has 1 aromatic rings. The molecule has 1 rings (SSSR count). The van der Waals surface area contributed by atoms with E-state index in [1.807, 2.05) is 0 Å². The van der Waals surface area contributed by atoms with E-state index in [-0.39, 0.29) is 11.5 Å². The number of ether oxygens (including phenoxy) is 1. The lowest BCUT2D eigenvalue weighted by Gasteiger charge is -2.11. The molecule has 78 valence electrons. The third-order valence-electron chi connectivity index (χ3n) is 1.87. The second kappa shape index (κ2) is 4.61. The van der Waals surface area contributed by atoms with Crippen molar-refractivity contribution in [3.05, 3.63) is 22.2 Å². The maximum absolute atomic E-state index is 12.3. The monoisotopic (exact) mass is 263 g/mol. The number of hydrogen-bond donors (Lipinski definition) is 2. The first-order valence-electron chi connectivity index (χ1n) is 3.98. The van der Waals surface area contributed by atoms with Crippen LogP contribution in [0.15, 0.2) is 16.6 Å². The highest BCUT2D eigenvalue weighted by Crippen LogP contribution is 2.36. The molecule has 0 unspecified atom stereocenters. The van der Waals surface area contributed by atoms with Crippen LogP contribution in [0.2, 0.25) is 0 Å². The summed E-state index contributed by atoms with van der Waals surface area (Å²) in [6.45, 7) is -0.652. The summed E-state index contributed by atoms with van der Waals surface area (Å²) in [5, 5.41) is 9.47. The lowest BCUT2D eigenvalue weighted by Crippen LogP contribution is -2.12. The number of hydrogen-bond acceptors (Lipinski definition) is 3. The number of phenolic OH excluding ortho intramolecular Hbond substituents is 1. The fraction of sp³-hybridized carbons (Fsp3) is 0.333. The Balaban J connectivity index is 3.16. The molecular weight excluding hydrogens is 253 g/mol. The van der Waals surface area contributed by atoms with Crippen molar-refractivity contribution in [2.24, 2.45) is 5.73 Å². The van der Waals surface area contributed by atoms with Crippen LogP contribution in [0, 0.1) is 0 Å². The molecule has 1 atom stereocenters. The van der Waals surface area contributed by atoms with Crippen molar-refractivity contribution in [1.82, 2.24) is 0 Å². The molecule has 1 aromatic carbocycles. The minimum absolute atomic E-state index is 0.0118. The Bertz CT molecular complexity index is 333. The number of phenols is 1. The van der Waals surface area contributed by atoms with E-state index in [1.54, 1.807) is 6.07 Å². The van der Waals surface area contributed by atoms with Crippen LogP contribution < -0.4 is 10.5 Å². The average molecular weight is 264 g/mol. The first-order valence-corrected chi connectivity index (χ1v) is 4.77. The van der Waals surface area contributed by atoms with E-state index in [9.17, 15) is 9.50 Å². The van der Waals surface area contributed by atoms with Gasteiger partial charge in [0.05, 0.1) is 17.6 Å². The van der Waals surface area contributed by atoms with E-state index in [0.29, 0.717) is 10.0 Å². The SMILES string of the molecule is COc1cc([C@H](N)CF)cc(Br)c1O. The highest BCUT2D eigenvalue weighted by Gasteiger charge is 2.12. The summed E-state index contributed by atoms with van der Waals surface area (Å²) in [6, 6.07) is 2.40. The third kappa shape index (κ3) is 2.16. The second-order valence-corrected chi connectivity index (χ2v) is 3.67. The lowest BCUT2D eigenvalue weighted by molar-refractivity contribution is 0.369. The topological polar surface area (TPSA) is 55.5 Å². The summed E-state index contributed by atoms with van der Waals surface area (Å²) in [6.07, 6.45) is 0. The van der Waals surface area contributed by atoms with Gasteiger partial charge in [0.1, 0.15) is 6.67 Å². The number of aromatic hydroxyl groups is 1. The molecule has 0 saturated heterocycles. The number of nitrogens with two attached hydrogens (primary N) is 1. The normalized spacial score (nSPS) is 12.6. The van der Waals surface area contributed by atoms with Gasteiger partial charge in [-0.2, -0.15) is 0 Å². The molecule has 0 aliphatic rings. The van der Waals surface area contributed by atoms with Crippen LogP contribution in [0.1, 0.15) is 11.6 Å². The molecule has 0 bridgehead atoms. The number of alkyl halides is 1. The van der Waals surface area contributed by atoms with Gasteiger partial charge in [0.25, 0.3) is 0 Å². The fourth-order valence-electron chi connectivity index (χ4n) is 1.05. The first-order chi connectivity index (χ1) is 6.60. The summed E-state index contributed by atoms with van der Waals surface area (Å²) < 4.78 is 17.6. The van der Waals surface area contributed by atoms with Crippen LogP contribution in [0.25, 0.3) is 0 Å². The van der Waals surface area contributed by atoms with Crippen molar-refractivity contribution in [1.29, 1.82) is 0 Å². The predicted octanol–water partition coefficient (Wildman–Crippen LogP) is 2.13. The summed E-state index contributed by atoms with van der Waals surface area (Å²) in [7, 11) is 1.42. The van der Waals surface area contributed by atoms with Gasteiger partial charge in [-0.15, -0.1) is 0 Å². The average Bonchev–Trinajstić information content (AvgIpc) is 2.20. The highest BCUT2D eigenvalue weighted by atomic mass is 79.9. The summed E-state index contributed by atoms with van der Waals surface area (Å²) in [5.74, 6) is 0.264. The molecule has 3 N–H and O–H groups in total. The Hall–Kier alpha value is -0.810. The van der Waals surface area contributed by atoms with Crippen molar-refractivity contribution >= 4 is 15.9 Å². The van der Waals surface area contributed by atoms with E-state index in [2.05, 4.69) is 15.9 Å². The molecule has 0 saturated carbocycles. The van der Waals surface area contributed by atoms with Crippen molar-refractivity contribution in [3.8, 4) is 11.5 Å². The van der Waals surface area contributed by atoms with Gasteiger partial charge >= 0.3 is 0 Å². The summed E-state index contributed by atoms with van der Waals surface area (Å²) in [5.41, 5.74) is 6.08. The fourth-order valence-corrected chi connectivity index (χ4v) is 1.51. The largest absolute Gasteiger partial charge is 0.503 e. The smallest absolute Gasteiger partial charge is 0.172 e. The zero-order valence-corrected chi connectivity index (χ0v) is 9.21. The molecule has 3 nitrogen and oxygen atoms in total. The van der Waals surface area contributed by atoms with E-state index < -0.39 is 12.7 Å². The molecular formula is C9H11BrFNO2. The molecule has 0 amide bonds. The molecule has 0 heterocycles. The van der Waals surface area contributed by atoms with Gasteiger partial charge in [-0.1, -0.05) is 0 Å². The zero-order valence-electron chi connectivity index (χ0n) is 7.63. The minimum Gasteiger partial charge on any atom is -0.503 e. The standard InChI is InChI=1S/C9H11BrFNO2/c1-14-8-3-5(7(12)4-11)2-6(10)9(8)13/h2-3,7,13H,4,12H2,1H3/t7-/m1/s1. The van der Waals surface area contributed by atoms with Crippen LogP contribution >= 0.6 is 15.9 Å². The minimum atomic E-state index is -0.694. The Labute approximate surface area is 89.8 Å². The number of benzene rings is 1. The molecule has 0 spiro atoms. The van der Waals surface area contributed by atoms with Gasteiger partial charge in [0.15, 0.2) is 11.5 Å². The first kappa shape index (κ1) is 11.3. The Morgan fingerprint density at radius 1 is 1.64 bits per heavy atom. The molecule has 14 heavy (non-hydrogen) atoms. The predicted molar refractivity (Wildman–Crippen MR) is 55.3 cm³/mol. The van der Waals surface area contributed by atoms with Crippen molar-refractivity contribution in [2.75, 3.05) is 13.8 Å². The Kier molecular flexibility index (Phi) is 3.71. The van der Waals surface area contributed by atoms with Crippen LogP contribution in [-0.2, 0) is 0 Å².